The predicted molar refractivity (Wildman–Crippen MR) is 77.3 cm³/mol. The quantitative estimate of drug-likeness (QED) is 0.886. The van der Waals surface area contributed by atoms with Crippen molar-refractivity contribution in [3.8, 4) is 0 Å². The van der Waals surface area contributed by atoms with Gasteiger partial charge in [-0.15, -0.1) is 0 Å². The van der Waals surface area contributed by atoms with E-state index in [4.69, 9.17) is 4.74 Å². The summed E-state index contributed by atoms with van der Waals surface area (Å²) in [6.45, 7) is 3.65. The van der Waals surface area contributed by atoms with Gasteiger partial charge in [-0.05, 0) is 24.3 Å². The lowest BCUT2D eigenvalue weighted by atomic mass is 10.1. The van der Waals surface area contributed by atoms with Gasteiger partial charge in [-0.2, -0.15) is 0 Å². The molecule has 0 spiro atoms. The average molecular weight is 274 g/mol. The lowest BCUT2D eigenvalue weighted by Crippen LogP contribution is -2.44. The molecule has 1 aliphatic heterocycles. The van der Waals surface area contributed by atoms with E-state index in [1.54, 1.807) is 0 Å². The fourth-order valence-corrected chi connectivity index (χ4v) is 2.55. The molecule has 0 bridgehead atoms. The Morgan fingerprint density at radius 2 is 2.10 bits per heavy atom. The van der Waals surface area contributed by atoms with Crippen molar-refractivity contribution in [1.29, 1.82) is 0 Å². The molecule has 1 saturated carbocycles. The third-order valence-corrected chi connectivity index (χ3v) is 3.97. The molecule has 2 fully saturated rings. The molecule has 1 N–H and O–H groups in total. The van der Waals surface area contributed by atoms with E-state index >= 15 is 0 Å². The average Bonchev–Trinajstić information content (AvgIpc) is 3.31. The molecule has 1 atom stereocenters. The van der Waals surface area contributed by atoms with Crippen molar-refractivity contribution in [1.82, 2.24) is 10.2 Å². The molecule has 108 valence electrons. The molecule has 0 aromatic heterocycles. The molecule has 1 unspecified atom stereocenters. The van der Waals surface area contributed by atoms with E-state index in [1.807, 2.05) is 18.2 Å². The van der Waals surface area contributed by atoms with Crippen LogP contribution in [0.5, 0.6) is 0 Å². The van der Waals surface area contributed by atoms with Gasteiger partial charge < -0.3 is 10.1 Å². The molecule has 0 radical (unpaired) electrons. The highest BCUT2D eigenvalue weighted by atomic mass is 16.5. The van der Waals surface area contributed by atoms with E-state index in [2.05, 4.69) is 22.3 Å². The van der Waals surface area contributed by atoms with Crippen LogP contribution in [0.2, 0.25) is 0 Å². The number of nitrogens with zero attached hydrogens (tertiary/aromatic N) is 1. The van der Waals surface area contributed by atoms with Crippen LogP contribution in [0.1, 0.15) is 24.5 Å². The van der Waals surface area contributed by atoms with Crippen LogP contribution in [0.15, 0.2) is 30.3 Å². The number of ether oxygens (including phenoxy) is 1. The largest absolute Gasteiger partial charge is 0.371 e. The monoisotopic (exact) mass is 274 g/mol. The molecule has 4 heteroatoms. The first-order chi connectivity index (χ1) is 9.81. The summed E-state index contributed by atoms with van der Waals surface area (Å²) in [5.74, 6) is 0.881. The minimum absolute atomic E-state index is 0.0844. The molecule has 4 nitrogen and oxygen atoms in total. The Morgan fingerprint density at radius 1 is 1.30 bits per heavy atom. The number of hydrogen-bond donors (Lipinski definition) is 1. The highest BCUT2D eigenvalue weighted by Crippen LogP contribution is 2.27. The number of rotatable bonds is 5. The van der Waals surface area contributed by atoms with Crippen molar-refractivity contribution >= 4 is 5.91 Å². The zero-order chi connectivity index (χ0) is 13.8. The van der Waals surface area contributed by atoms with E-state index in [0.29, 0.717) is 13.2 Å². The summed E-state index contributed by atoms with van der Waals surface area (Å²) in [6.07, 6.45) is 2.63. The number of hydrogen-bond acceptors (Lipinski definition) is 3. The number of benzene rings is 1. The van der Waals surface area contributed by atoms with Crippen molar-refractivity contribution in [2.45, 2.75) is 18.9 Å². The SMILES string of the molecule is O=C(CN1CCOC(c2ccccc2)C1)NCC1CC1. The van der Waals surface area contributed by atoms with Gasteiger partial charge in [0.05, 0.1) is 19.3 Å². The van der Waals surface area contributed by atoms with Crippen LogP contribution in [0.25, 0.3) is 0 Å². The Kier molecular flexibility index (Phi) is 4.33. The predicted octanol–water partition coefficient (Wildman–Crippen LogP) is 1.59. The van der Waals surface area contributed by atoms with E-state index in [-0.39, 0.29) is 12.0 Å². The molecule has 20 heavy (non-hydrogen) atoms. The Morgan fingerprint density at radius 3 is 2.85 bits per heavy atom. The van der Waals surface area contributed by atoms with Crippen molar-refractivity contribution in [2.24, 2.45) is 5.92 Å². The summed E-state index contributed by atoms with van der Waals surface area (Å²) in [5, 5.41) is 3.03. The highest BCUT2D eigenvalue weighted by molar-refractivity contribution is 5.78. The summed E-state index contributed by atoms with van der Waals surface area (Å²) < 4.78 is 5.81. The first-order valence-corrected chi connectivity index (χ1v) is 7.47. The topological polar surface area (TPSA) is 41.6 Å². The molecular weight excluding hydrogens is 252 g/mol. The van der Waals surface area contributed by atoms with Crippen LogP contribution in [0.4, 0.5) is 0 Å². The number of nitrogens with one attached hydrogen (secondary N) is 1. The second-order valence-electron chi connectivity index (χ2n) is 5.75. The van der Waals surface area contributed by atoms with Crippen LogP contribution in [-0.4, -0.2) is 43.6 Å². The van der Waals surface area contributed by atoms with Gasteiger partial charge in [-0.3, -0.25) is 9.69 Å². The van der Waals surface area contributed by atoms with Crippen molar-refractivity contribution in [3.63, 3.8) is 0 Å². The van der Waals surface area contributed by atoms with Crippen LogP contribution < -0.4 is 5.32 Å². The molecule has 3 rings (SSSR count). The van der Waals surface area contributed by atoms with E-state index in [0.717, 1.165) is 25.6 Å². The van der Waals surface area contributed by atoms with Crippen LogP contribution in [-0.2, 0) is 9.53 Å². The second kappa shape index (κ2) is 6.37. The zero-order valence-electron chi connectivity index (χ0n) is 11.8. The number of carbonyl (C=O) groups excluding carboxylic acids is 1. The lowest BCUT2D eigenvalue weighted by Gasteiger charge is -2.32. The van der Waals surface area contributed by atoms with Gasteiger partial charge in [-0.1, -0.05) is 30.3 Å². The van der Waals surface area contributed by atoms with Gasteiger partial charge in [0.2, 0.25) is 5.91 Å². The van der Waals surface area contributed by atoms with Gasteiger partial charge in [0.1, 0.15) is 0 Å². The van der Waals surface area contributed by atoms with Gasteiger partial charge >= 0.3 is 0 Å². The maximum Gasteiger partial charge on any atom is 0.234 e. The molecule has 1 saturated heterocycles. The smallest absolute Gasteiger partial charge is 0.234 e. The Balaban J connectivity index is 1.48. The minimum atomic E-state index is 0.0844. The van der Waals surface area contributed by atoms with E-state index in [9.17, 15) is 4.79 Å². The Hall–Kier alpha value is -1.39. The maximum atomic E-state index is 11.9. The lowest BCUT2D eigenvalue weighted by molar-refractivity contribution is -0.124. The standard InChI is InChI=1S/C16H22N2O2/c19-16(17-10-13-6-7-13)12-18-8-9-20-15(11-18)14-4-2-1-3-5-14/h1-5,13,15H,6-12H2,(H,17,19). The number of carbonyl (C=O) groups is 1. The molecular formula is C16H22N2O2. The van der Waals surface area contributed by atoms with Crippen molar-refractivity contribution in [2.75, 3.05) is 32.8 Å². The Labute approximate surface area is 120 Å². The van der Waals surface area contributed by atoms with Gasteiger partial charge in [-0.25, -0.2) is 0 Å². The zero-order valence-corrected chi connectivity index (χ0v) is 11.8. The third kappa shape index (κ3) is 3.81. The summed E-state index contributed by atoms with van der Waals surface area (Å²) >= 11 is 0. The normalized spacial score (nSPS) is 23.5. The first kappa shape index (κ1) is 13.6. The minimum Gasteiger partial charge on any atom is -0.371 e. The molecule has 1 amide bonds. The molecule has 1 heterocycles. The van der Waals surface area contributed by atoms with Crippen molar-refractivity contribution in [3.05, 3.63) is 35.9 Å². The maximum absolute atomic E-state index is 11.9. The molecule has 2 aliphatic rings. The highest BCUT2D eigenvalue weighted by Gasteiger charge is 2.25. The van der Waals surface area contributed by atoms with E-state index in [1.165, 1.54) is 18.4 Å². The van der Waals surface area contributed by atoms with Crippen LogP contribution in [0.3, 0.4) is 0 Å². The number of amides is 1. The van der Waals surface area contributed by atoms with Gasteiger partial charge in [0, 0.05) is 19.6 Å². The van der Waals surface area contributed by atoms with E-state index < -0.39 is 0 Å². The summed E-state index contributed by atoms with van der Waals surface area (Å²) in [7, 11) is 0. The third-order valence-electron chi connectivity index (χ3n) is 3.97. The first-order valence-electron chi connectivity index (χ1n) is 7.47. The second-order valence-corrected chi connectivity index (χ2v) is 5.75. The summed E-state index contributed by atoms with van der Waals surface area (Å²) in [5.41, 5.74) is 1.19. The molecule has 1 aromatic carbocycles. The molecule has 1 aromatic rings. The Bertz CT molecular complexity index is 445. The van der Waals surface area contributed by atoms with Crippen LogP contribution in [0, 0.1) is 5.92 Å². The van der Waals surface area contributed by atoms with Gasteiger partial charge in [0.25, 0.3) is 0 Å². The fourth-order valence-electron chi connectivity index (χ4n) is 2.55. The number of morpholine rings is 1. The summed E-state index contributed by atoms with van der Waals surface area (Å²) in [6, 6.07) is 10.2. The molecule has 1 aliphatic carbocycles. The fraction of sp³-hybridized carbons (Fsp3) is 0.562. The van der Waals surface area contributed by atoms with Crippen molar-refractivity contribution < 1.29 is 9.53 Å². The van der Waals surface area contributed by atoms with Gasteiger partial charge in [0.15, 0.2) is 0 Å². The summed E-state index contributed by atoms with van der Waals surface area (Å²) in [4.78, 5) is 14.1. The van der Waals surface area contributed by atoms with Crippen LogP contribution >= 0.6 is 0 Å².